The van der Waals surface area contributed by atoms with E-state index in [-0.39, 0.29) is 17.7 Å². The Labute approximate surface area is 106 Å². The monoisotopic (exact) mass is 251 g/mol. The maximum Gasteiger partial charge on any atom is 0.164 e. The minimum absolute atomic E-state index is 0.0427. The van der Waals surface area contributed by atoms with Gasteiger partial charge in [-0.1, -0.05) is 0 Å². The first-order valence-corrected chi connectivity index (χ1v) is 6.34. The van der Waals surface area contributed by atoms with Crippen molar-refractivity contribution in [2.24, 2.45) is 0 Å². The summed E-state index contributed by atoms with van der Waals surface area (Å²) in [5.41, 5.74) is 0.563. The molecule has 1 heterocycles. The van der Waals surface area contributed by atoms with Gasteiger partial charge in [0.15, 0.2) is 5.78 Å². The zero-order chi connectivity index (χ0) is 13.0. The third-order valence-corrected chi connectivity index (χ3v) is 3.38. The molecule has 0 spiro atoms. The molecular weight excluding hydrogens is 233 g/mol. The van der Waals surface area contributed by atoms with E-state index in [0.29, 0.717) is 18.5 Å². The fourth-order valence-electron chi connectivity index (χ4n) is 2.18. The standard InChI is InChI=1S/C14H18FNO2/c15-12-3-1-11(2-4-12)14(18)7-10-16-8-5-13(17)6-9-16/h1-4,13,17H,5-10H2. The Kier molecular flexibility index (Phi) is 4.44. The van der Waals surface area contributed by atoms with E-state index < -0.39 is 0 Å². The molecule has 3 nitrogen and oxygen atoms in total. The lowest BCUT2D eigenvalue weighted by molar-refractivity contribution is 0.0778. The van der Waals surface area contributed by atoms with E-state index in [4.69, 9.17) is 0 Å². The van der Waals surface area contributed by atoms with Gasteiger partial charge in [-0.15, -0.1) is 0 Å². The van der Waals surface area contributed by atoms with E-state index >= 15 is 0 Å². The topological polar surface area (TPSA) is 40.5 Å². The summed E-state index contributed by atoms with van der Waals surface area (Å²) in [5, 5.41) is 9.38. The number of hydrogen-bond donors (Lipinski definition) is 1. The Morgan fingerprint density at radius 1 is 1.28 bits per heavy atom. The van der Waals surface area contributed by atoms with Crippen LogP contribution >= 0.6 is 0 Å². The molecule has 1 N–H and O–H groups in total. The van der Waals surface area contributed by atoms with Crippen molar-refractivity contribution in [3.8, 4) is 0 Å². The van der Waals surface area contributed by atoms with Crippen LogP contribution in [0.1, 0.15) is 29.6 Å². The molecule has 18 heavy (non-hydrogen) atoms. The summed E-state index contributed by atoms with van der Waals surface area (Å²) in [6.45, 7) is 2.40. The Morgan fingerprint density at radius 3 is 2.50 bits per heavy atom. The van der Waals surface area contributed by atoms with Gasteiger partial charge >= 0.3 is 0 Å². The number of halogens is 1. The summed E-state index contributed by atoms with van der Waals surface area (Å²) in [7, 11) is 0. The molecule has 0 bridgehead atoms. The molecule has 1 aromatic carbocycles. The van der Waals surface area contributed by atoms with Gasteiger partial charge in [0.05, 0.1) is 6.10 Å². The van der Waals surface area contributed by atoms with Crippen LogP contribution in [0.5, 0.6) is 0 Å². The van der Waals surface area contributed by atoms with Crippen LogP contribution in [0.25, 0.3) is 0 Å². The molecular formula is C14H18FNO2. The predicted octanol–water partition coefficient (Wildman–Crippen LogP) is 1.86. The molecule has 0 amide bonds. The van der Waals surface area contributed by atoms with Crippen molar-refractivity contribution in [3.63, 3.8) is 0 Å². The van der Waals surface area contributed by atoms with E-state index in [1.165, 1.54) is 24.3 Å². The number of aliphatic hydroxyl groups is 1. The third-order valence-electron chi connectivity index (χ3n) is 3.38. The summed E-state index contributed by atoms with van der Waals surface area (Å²) >= 11 is 0. The van der Waals surface area contributed by atoms with Crippen LogP contribution in [0.3, 0.4) is 0 Å². The first kappa shape index (κ1) is 13.2. The Hall–Kier alpha value is -1.26. The molecule has 0 unspecified atom stereocenters. The van der Waals surface area contributed by atoms with Crippen LogP contribution in [0.2, 0.25) is 0 Å². The van der Waals surface area contributed by atoms with Crippen molar-refractivity contribution in [3.05, 3.63) is 35.6 Å². The molecule has 98 valence electrons. The zero-order valence-corrected chi connectivity index (χ0v) is 10.3. The number of ketones is 1. The average Bonchev–Trinajstić information content (AvgIpc) is 2.38. The smallest absolute Gasteiger partial charge is 0.164 e. The summed E-state index contributed by atoms with van der Waals surface area (Å²) < 4.78 is 12.7. The zero-order valence-electron chi connectivity index (χ0n) is 10.3. The fraction of sp³-hybridized carbons (Fsp3) is 0.500. The number of Topliss-reactive ketones (excluding diaryl/α,β-unsaturated/α-hetero) is 1. The number of rotatable bonds is 4. The second-order valence-corrected chi connectivity index (χ2v) is 4.75. The number of carbonyl (C=O) groups is 1. The number of carbonyl (C=O) groups excluding carboxylic acids is 1. The highest BCUT2D eigenvalue weighted by Crippen LogP contribution is 2.11. The number of aliphatic hydroxyl groups excluding tert-OH is 1. The number of piperidine rings is 1. The van der Waals surface area contributed by atoms with Crippen molar-refractivity contribution in [2.45, 2.75) is 25.4 Å². The first-order chi connectivity index (χ1) is 8.65. The number of benzene rings is 1. The largest absolute Gasteiger partial charge is 0.393 e. The molecule has 0 aliphatic carbocycles. The average molecular weight is 251 g/mol. The normalized spacial score (nSPS) is 17.9. The van der Waals surface area contributed by atoms with Crippen LogP contribution < -0.4 is 0 Å². The Bertz CT molecular complexity index is 397. The Balaban J connectivity index is 1.79. The number of hydrogen-bond acceptors (Lipinski definition) is 3. The molecule has 0 radical (unpaired) electrons. The van der Waals surface area contributed by atoms with Crippen molar-refractivity contribution >= 4 is 5.78 Å². The van der Waals surface area contributed by atoms with E-state index in [2.05, 4.69) is 4.90 Å². The van der Waals surface area contributed by atoms with Gasteiger partial charge < -0.3 is 10.0 Å². The van der Waals surface area contributed by atoms with Crippen molar-refractivity contribution in [2.75, 3.05) is 19.6 Å². The molecule has 1 saturated heterocycles. The van der Waals surface area contributed by atoms with Crippen LogP contribution in [0.4, 0.5) is 4.39 Å². The highest BCUT2D eigenvalue weighted by atomic mass is 19.1. The minimum atomic E-state index is -0.323. The van der Waals surface area contributed by atoms with Crippen LogP contribution in [-0.2, 0) is 0 Å². The lowest BCUT2D eigenvalue weighted by Gasteiger charge is -2.29. The first-order valence-electron chi connectivity index (χ1n) is 6.34. The van der Waals surface area contributed by atoms with E-state index in [1.807, 2.05) is 0 Å². The quantitative estimate of drug-likeness (QED) is 0.830. The molecule has 0 saturated carbocycles. The van der Waals surface area contributed by atoms with E-state index in [1.54, 1.807) is 0 Å². The lowest BCUT2D eigenvalue weighted by Crippen LogP contribution is -2.37. The summed E-state index contributed by atoms with van der Waals surface area (Å²) in [6, 6.07) is 5.67. The van der Waals surface area contributed by atoms with Gasteiger partial charge in [0.2, 0.25) is 0 Å². The van der Waals surface area contributed by atoms with Crippen LogP contribution in [-0.4, -0.2) is 41.5 Å². The SMILES string of the molecule is O=C(CCN1CCC(O)CC1)c1ccc(F)cc1. The highest BCUT2D eigenvalue weighted by Gasteiger charge is 2.17. The summed E-state index contributed by atoms with van der Waals surface area (Å²) in [4.78, 5) is 14.1. The van der Waals surface area contributed by atoms with Gasteiger partial charge in [0, 0.05) is 31.6 Å². The summed E-state index contributed by atoms with van der Waals surface area (Å²) in [5.74, 6) is -0.280. The van der Waals surface area contributed by atoms with Crippen molar-refractivity contribution in [1.82, 2.24) is 4.90 Å². The van der Waals surface area contributed by atoms with Crippen molar-refractivity contribution in [1.29, 1.82) is 0 Å². The molecule has 1 aromatic rings. The maximum atomic E-state index is 12.7. The van der Waals surface area contributed by atoms with Crippen LogP contribution in [0, 0.1) is 5.82 Å². The molecule has 2 rings (SSSR count). The fourth-order valence-corrected chi connectivity index (χ4v) is 2.18. The summed E-state index contributed by atoms with van der Waals surface area (Å²) in [6.07, 6.45) is 1.83. The molecule has 4 heteroatoms. The Morgan fingerprint density at radius 2 is 1.89 bits per heavy atom. The number of likely N-dealkylation sites (tertiary alicyclic amines) is 1. The van der Waals surface area contributed by atoms with Crippen molar-refractivity contribution < 1.29 is 14.3 Å². The highest BCUT2D eigenvalue weighted by molar-refractivity contribution is 5.96. The van der Waals surface area contributed by atoms with Gasteiger partial charge in [-0.05, 0) is 37.1 Å². The second kappa shape index (κ2) is 6.07. The maximum absolute atomic E-state index is 12.7. The lowest BCUT2D eigenvalue weighted by atomic mass is 10.1. The molecule has 0 atom stereocenters. The van der Waals surface area contributed by atoms with E-state index in [9.17, 15) is 14.3 Å². The minimum Gasteiger partial charge on any atom is -0.393 e. The van der Waals surface area contributed by atoms with Crippen LogP contribution in [0.15, 0.2) is 24.3 Å². The molecule has 0 aromatic heterocycles. The molecule has 1 aliphatic rings. The van der Waals surface area contributed by atoms with Gasteiger partial charge in [-0.2, -0.15) is 0 Å². The second-order valence-electron chi connectivity index (χ2n) is 4.75. The van der Waals surface area contributed by atoms with Gasteiger partial charge in [0.1, 0.15) is 5.82 Å². The predicted molar refractivity (Wildman–Crippen MR) is 67.0 cm³/mol. The number of nitrogens with zero attached hydrogens (tertiary/aromatic N) is 1. The van der Waals surface area contributed by atoms with Gasteiger partial charge in [-0.3, -0.25) is 4.79 Å². The van der Waals surface area contributed by atoms with E-state index in [0.717, 1.165) is 25.9 Å². The van der Waals surface area contributed by atoms with Gasteiger partial charge in [0.25, 0.3) is 0 Å². The molecule has 1 aliphatic heterocycles. The van der Waals surface area contributed by atoms with Gasteiger partial charge in [-0.25, -0.2) is 4.39 Å². The molecule has 1 fully saturated rings. The third kappa shape index (κ3) is 3.62.